The quantitative estimate of drug-likeness (QED) is 0.814. The minimum Gasteiger partial charge on any atom is -0.476 e. The first-order valence-corrected chi connectivity index (χ1v) is 5.43. The van der Waals surface area contributed by atoms with Gasteiger partial charge >= 0.3 is 5.97 Å². The smallest absolute Gasteiger partial charge is 0.356 e. The Bertz CT molecular complexity index is 526. The molecule has 18 heavy (non-hydrogen) atoms. The standard InChI is InChI=1S/C11H13N5O2/c1-8(6-16-3-2-12-7-16)14-10-5-13-4-9(15-10)11(17)18/h2-5,7-8H,6H2,1H3,(H,14,15)(H,17,18). The molecule has 2 heterocycles. The van der Waals surface area contributed by atoms with Crippen LogP contribution >= 0.6 is 0 Å². The van der Waals surface area contributed by atoms with Crippen molar-refractivity contribution < 1.29 is 9.90 Å². The molecule has 2 aromatic heterocycles. The normalized spacial score (nSPS) is 12.1. The van der Waals surface area contributed by atoms with Gasteiger partial charge in [-0.25, -0.2) is 14.8 Å². The van der Waals surface area contributed by atoms with Gasteiger partial charge in [0.1, 0.15) is 5.82 Å². The van der Waals surface area contributed by atoms with Gasteiger partial charge in [-0.1, -0.05) is 0 Å². The first-order chi connectivity index (χ1) is 8.65. The van der Waals surface area contributed by atoms with Gasteiger partial charge in [-0.15, -0.1) is 0 Å². The van der Waals surface area contributed by atoms with Crippen LogP contribution in [-0.4, -0.2) is 36.6 Å². The van der Waals surface area contributed by atoms with E-state index >= 15 is 0 Å². The van der Waals surface area contributed by atoms with Gasteiger partial charge in [0.05, 0.1) is 18.7 Å². The Balaban J connectivity index is 2.00. The fourth-order valence-electron chi connectivity index (χ4n) is 1.55. The van der Waals surface area contributed by atoms with Gasteiger partial charge in [0.25, 0.3) is 0 Å². The van der Waals surface area contributed by atoms with E-state index in [-0.39, 0.29) is 11.7 Å². The van der Waals surface area contributed by atoms with Crippen LogP contribution in [0.15, 0.2) is 31.1 Å². The Morgan fingerprint density at radius 1 is 1.50 bits per heavy atom. The summed E-state index contributed by atoms with van der Waals surface area (Å²) in [7, 11) is 0. The molecule has 0 saturated heterocycles. The van der Waals surface area contributed by atoms with Crippen LogP contribution in [0.1, 0.15) is 17.4 Å². The second kappa shape index (κ2) is 5.26. The minimum absolute atomic E-state index is 0.0742. The van der Waals surface area contributed by atoms with Crippen LogP contribution in [0.5, 0.6) is 0 Å². The maximum Gasteiger partial charge on any atom is 0.356 e. The highest BCUT2D eigenvalue weighted by Crippen LogP contribution is 2.05. The molecule has 0 amide bonds. The van der Waals surface area contributed by atoms with E-state index in [1.807, 2.05) is 17.7 Å². The summed E-state index contributed by atoms with van der Waals surface area (Å²) in [6, 6.07) is 0.0811. The molecular weight excluding hydrogens is 234 g/mol. The molecule has 0 fully saturated rings. The summed E-state index contributed by atoms with van der Waals surface area (Å²) in [4.78, 5) is 22.5. The van der Waals surface area contributed by atoms with Gasteiger partial charge < -0.3 is 15.0 Å². The summed E-state index contributed by atoms with van der Waals surface area (Å²) >= 11 is 0. The van der Waals surface area contributed by atoms with Crippen LogP contribution in [-0.2, 0) is 6.54 Å². The average Bonchev–Trinajstić information content (AvgIpc) is 2.82. The third-order valence-corrected chi connectivity index (χ3v) is 2.29. The highest BCUT2D eigenvalue weighted by Gasteiger charge is 2.08. The number of aromatic carboxylic acids is 1. The van der Waals surface area contributed by atoms with Crippen molar-refractivity contribution in [3.05, 3.63) is 36.8 Å². The van der Waals surface area contributed by atoms with Crippen LogP contribution < -0.4 is 5.32 Å². The van der Waals surface area contributed by atoms with Crippen molar-refractivity contribution in [3.8, 4) is 0 Å². The van der Waals surface area contributed by atoms with E-state index in [0.717, 1.165) is 0 Å². The molecule has 1 unspecified atom stereocenters. The Morgan fingerprint density at radius 3 is 3.00 bits per heavy atom. The molecule has 0 aromatic carbocycles. The van der Waals surface area contributed by atoms with Crippen molar-refractivity contribution in [1.82, 2.24) is 19.5 Å². The summed E-state index contributed by atoms with van der Waals surface area (Å²) in [5.74, 6) is -0.643. The lowest BCUT2D eigenvalue weighted by atomic mass is 10.3. The molecule has 0 bridgehead atoms. The number of rotatable bonds is 5. The van der Waals surface area contributed by atoms with Crippen LogP contribution in [0, 0.1) is 0 Å². The topological polar surface area (TPSA) is 92.9 Å². The van der Waals surface area contributed by atoms with Crippen LogP contribution in [0.3, 0.4) is 0 Å². The first kappa shape index (κ1) is 12.0. The number of anilines is 1. The highest BCUT2D eigenvalue weighted by molar-refractivity contribution is 5.85. The van der Waals surface area contributed by atoms with E-state index in [0.29, 0.717) is 12.4 Å². The molecular formula is C11H13N5O2. The van der Waals surface area contributed by atoms with Gasteiger partial charge in [-0.3, -0.25) is 4.98 Å². The van der Waals surface area contributed by atoms with E-state index in [1.165, 1.54) is 12.4 Å². The number of hydrogen-bond acceptors (Lipinski definition) is 5. The van der Waals surface area contributed by atoms with Gasteiger partial charge in [0, 0.05) is 25.0 Å². The van der Waals surface area contributed by atoms with Crippen LogP contribution in [0.4, 0.5) is 5.82 Å². The summed E-state index contributed by atoms with van der Waals surface area (Å²) < 4.78 is 1.92. The molecule has 0 spiro atoms. The van der Waals surface area contributed by atoms with Crippen LogP contribution in [0.2, 0.25) is 0 Å². The second-order valence-corrected chi connectivity index (χ2v) is 3.90. The van der Waals surface area contributed by atoms with E-state index in [4.69, 9.17) is 5.11 Å². The molecule has 0 aliphatic heterocycles. The van der Waals surface area contributed by atoms with Gasteiger partial charge in [0.2, 0.25) is 0 Å². The van der Waals surface area contributed by atoms with Crippen molar-refractivity contribution in [2.75, 3.05) is 5.32 Å². The number of imidazole rings is 1. The Hall–Kier alpha value is -2.44. The molecule has 94 valence electrons. The van der Waals surface area contributed by atoms with Crippen molar-refractivity contribution in [3.63, 3.8) is 0 Å². The van der Waals surface area contributed by atoms with Crippen LogP contribution in [0.25, 0.3) is 0 Å². The molecule has 7 nitrogen and oxygen atoms in total. The van der Waals surface area contributed by atoms with Crippen molar-refractivity contribution >= 4 is 11.8 Å². The predicted molar refractivity (Wildman–Crippen MR) is 64.3 cm³/mol. The number of nitrogens with zero attached hydrogens (tertiary/aromatic N) is 4. The molecule has 0 aliphatic carbocycles. The molecule has 1 atom stereocenters. The van der Waals surface area contributed by atoms with E-state index < -0.39 is 5.97 Å². The number of nitrogens with one attached hydrogen (secondary N) is 1. The predicted octanol–water partition coefficient (Wildman–Crippen LogP) is 0.872. The van der Waals surface area contributed by atoms with Gasteiger partial charge in [-0.2, -0.15) is 0 Å². The number of carboxylic acid groups (broad SMARTS) is 1. The monoisotopic (exact) mass is 247 g/mol. The number of carbonyl (C=O) groups is 1. The zero-order valence-electron chi connectivity index (χ0n) is 9.82. The number of aromatic nitrogens is 4. The first-order valence-electron chi connectivity index (χ1n) is 5.43. The summed E-state index contributed by atoms with van der Waals surface area (Å²) in [6.45, 7) is 2.67. The molecule has 7 heteroatoms. The van der Waals surface area contributed by atoms with E-state index in [2.05, 4.69) is 20.3 Å². The lowest BCUT2D eigenvalue weighted by Crippen LogP contribution is -2.22. The summed E-state index contributed by atoms with van der Waals surface area (Å²) in [6.07, 6.45) is 8.00. The average molecular weight is 247 g/mol. The van der Waals surface area contributed by atoms with Crippen molar-refractivity contribution in [2.45, 2.75) is 19.5 Å². The summed E-state index contributed by atoms with van der Waals surface area (Å²) in [5, 5.41) is 11.9. The zero-order chi connectivity index (χ0) is 13.0. The van der Waals surface area contributed by atoms with Crippen molar-refractivity contribution in [2.24, 2.45) is 0 Å². The molecule has 0 aliphatic rings. The lowest BCUT2D eigenvalue weighted by molar-refractivity contribution is 0.0690. The van der Waals surface area contributed by atoms with E-state index in [9.17, 15) is 4.79 Å². The second-order valence-electron chi connectivity index (χ2n) is 3.90. The highest BCUT2D eigenvalue weighted by atomic mass is 16.4. The fourth-order valence-corrected chi connectivity index (χ4v) is 1.55. The maximum absolute atomic E-state index is 10.8. The number of hydrogen-bond donors (Lipinski definition) is 2. The number of carboxylic acids is 1. The molecule has 2 rings (SSSR count). The van der Waals surface area contributed by atoms with Crippen molar-refractivity contribution in [1.29, 1.82) is 0 Å². The molecule has 0 radical (unpaired) electrons. The van der Waals surface area contributed by atoms with E-state index in [1.54, 1.807) is 12.5 Å². The molecule has 2 aromatic rings. The van der Waals surface area contributed by atoms with Gasteiger partial charge in [0.15, 0.2) is 5.69 Å². The molecule has 0 saturated carbocycles. The Morgan fingerprint density at radius 2 is 2.33 bits per heavy atom. The minimum atomic E-state index is -1.09. The zero-order valence-corrected chi connectivity index (χ0v) is 9.82. The lowest BCUT2D eigenvalue weighted by Gasteiger charge is -2.14. The Kier molecular flexibility index (Phi) is 3.52. The summed E-state index contributed by atoms with van der Waals surface area (Å²) in [5.41, 5.74) is -0.0742. The third-order valence-electron chi connectivity index (χ3n) is 2.29. The molecule has 2 N–H and O–H groups in total. The fraction of sp³-hybridized carbons (Fsp3) is 0.273. The SMILES string of the molecule is CC(Cn1ccnc1)Nc1cncc(C(=O)O)n1. The Labute approximate surface area is 104 Å². The maximum atomic E-state index is 10.8. The van der Waals surface area contributed by atoms with Gasteiger partial charge in [-0.05, 0) is 6.92 Å². The third kappa shape index (κ3) is 3.03. The largest absolute Gasteiger partial charge is 0.476 e.